The summed E-state index contributed by atoms with van der Waals surface area (Å²) < 4.78 is 19.4. The number of benzene rings is 2. The van der Waals surface area contributed by atoms with Crippen molar-refractivity contribution in [3.05, 3.63) is 59.4 Å². The molecule has 21 heavy (non-hydrogen) atoms. The van der Waals surface area contributed by atoms with E-state index in [-0.39, 0.29) is 5.82 Å². The van der Waals surface area contributed by atoms with E-state index in [9.17, 15) is 4.39 Å². The Bertz CT molecular complexity index is 601. The van der Waals surface area contributed by atoms with Crippen molar-refractivity contribution in [2.75, 3.05) is 26.1 Å². The average molecular weight is 288 g/mol. The summed E-state index contributed by atoms with van der Waals surface area (Å²) in [6.45, 7) is 1.29. The van der Waals surface area contributed by atoms with Gasteiger partial charge in [0.15, 0.2) is 0 Å². The molecule has 2 aromatic carbocycles. The lowest BCUT2D eigenvalue weighted by atomic mass is 10.1. The van der Waals surface area contributed by atoms with Crippen molar-refractivity contribution in [1.29, 1.82) is 0 Å². The number of anilines is 1. The molecule has 0 heterocycles. The second-order valence-corrected chi connectivity index (χ2v) is 5.02. The largest absolute Gasteiger partial charge is 0.497 e. The molecule has 0 bridgehead atoms. The van der Waals surface area contributed by atoms with Gasteiger partial charge in [-0.3, -0.25) is 0 Å². The van der Waals surface area contributed by atoms with Gasteiger partial charge in [0, 0.05) is 20.1 Å². The second-order valence-electron chi connectivity index (χ2n) is 5.02. The van der Waals surface area contributed by atoms with Gasteiger partial charge in [-0.05, 0) is 42.4 Å². The molecule has 0 fully saturated rings. The second kappa shape index (κ2) is 7.09. The molecule has 1 N–H and O–H groups in total. The van der Waals surface area contributed by atoms with E-state index in [2.05, 4.69) is 5.32 Å². The Morgan fingerprint density at radius 1 is 1.14 bits per heavy atom. The minimum Gasteiger partial charge on any atom is -0.497 e. The van der Waals surface area contributed by atoms with Gasteiger partial charge in [0.1, 0.15) is 11.6 Å². The summed E-state index contributed by atoms with van der Waals surface area (Å²) in [4.78, 5) is 1.90. The Balaban J connectivity index is 2.14. The van der Waals surface area contributed by atoms with Gasteiger partial charge in [0.2, 0.25) is 0 Å². The van der Waals surface area contributed by atoms with Crippen LogP contribution in [-0.2, 0) is 13.1 Å². The van der Waals surface area contributed by atoms with Crippen LogP contribution in [0.1, 0.15) is 11.1 Å². The molecule has 0 aromatic heterocycles. The molecule has 2 rings (SSSR count). The van der Waals surface area contributed by atoms with Crippen LogP contribution in [0, 0.1) is 5.82 Å². The molecular formula is C17H21FN2O. The predicted octanol–water partition coefficient (Wildman–Crippen LogP) is 3.19. The van der Waals surface area contributed by atoms with Crippen molar-refractivity contribution in [3.63, 3.8) is 0 Å². The van der Waals surface area contributed by atoms with Crippen LogP contribution >= 0.6 is 0 Å². The normalized spacial score (nSPS) is 10.5. The molecule has 0 radical (unpaired) electrons. The van der Waals surface area contributed by atoms with Gasteiger partial charge in [-0.1, -0.05) is 18.2 Å². The Morgan fingerprint density at radius 2 is 1.95 bits per heavy atom. The quantitative estimate of drug-likeness (QED) is 0.883. The molecule has 0 aliphatic carbocycles. The molecule has 0 aliphatic heterocycles. The van der Waals surface area contributed by atoms with E-state index >= 15 is 0 Å². The summed E-state index contributed by atoms with van der Waals surface area (Å²) in [5.41, 5.74) is 2.61. The zero-order valence-corrected chi connectivity index (χ0v) is 12.7. The lowest BCUT2D eigenvalue weighted by Gasteiger charge is -2.21. The highest BCUT2D eigenvalue weighted by atomic mass is 19.1. The summed E-state index contributed by atoms with van der Waals surface area (Å²) >= 11 is 0. The first-order chi connectivity index (χ1) is 10.1. The summed E-state index contributed by atoms with van der Waals surface area (Å²) in [7, 11) is 5.37. The van der Waals surface area contributed by atoms with Crippen LogP contribution in [0.25, 0.3) is 0 Å². The Morgan fingerprint density at radius 3 is 2.62 bits per heavy atom. The fourth-order valence-electron chi connectivity index (χ4n) is 2.30. The van der Waals surface area contributed by atoms with Crippen LogP contribution in [0.2, 0.25) is 0 Å². The molecule has 3 nitrogen and oxygen atoms in total. The van der Waals surface area contributed by atoms with Crippen LogP contribution in [0.5, 0.6) is 5.75 Å². The van der Waals surface area contributed by atoms with Crippen LogP contribution in [0.3, 0.4) is 0 Å². The monoisotopic (exact) mass is 288 g/mol. The molecule has 0 unspecified atom stereocenters. The third kappa shape index (κ3) is 3.95. The highest BCUT2D eigenvalue weighted by Crippen LogP contribution is 2.22. The number of rotatable bonds is 6. The van der Waals surface area contributed by atoms with Crippen LogP contribution < -0.4 is 15.0 Å². The van der Waals surface area contributed by atoms with E-state index < -0.39 is 0 Å². The number of hydrogen-bond acceptors (Lipinski definition) is 3. The van der Waals surface area contributed by atoms with Crippen LogP contribution in [-0.4, -0.2) is 21.2 Å². The highest BCUT2D eigenvalue weighted by Gasteiger charge is 2.09. The van der Waals surface area contributed by atoms with Gasteiger partial charge < -0.3 is 15.0 Å². The smallest absolute Gasteiger partial charge is 0.146 e. The van der Waals surface area contributed by atoms with Gasteiger partial charge in [-0.2, -0.15) is 0 Å². The van der Waals surface area contributed by atoms with Crippen molar-refractivity contribution in [1.82, 2.24) is 5.32 Å². The average Bonchev–Trinajstić information content (AvgIpc) is 2.47. The fraction of sp³-hybridized carbons (Fsp3) is 0.294. The van der Waals surface area contributed by atoms with E-state index in [1.807, 2.05) is 55.4 Å². The van der Waals surface area contributed by atoms with Crippen molar-refractivity contribution < 1.29 is 9.13 Å². The first-order valence-corrected chi connectivity index (χ1v) is 6.91. The van der Waals surface area contributed by atoms with Crippen molar-refractivity contribution >= 4 is 5.69 Å². The van der Waals surface area contributed by atoms with Gasteiger partial charge in [0.25, 0.3) is 0 Å². The van der Waals surface area contributed by atoms with Crippen molar-refractivity contribution in [2.24, 2.45) is 0 Å². The molecule has 0 saturated carbocycles. The first kappa shape index (κ1) is 15.3. The number of hydrogen-bond donors (Lipinski definition) is 1. The predicted molar refractivity (Wildman–Crippen MR) is 84.3 cm³/mol. The summed E-state index contributed by atoms with van der Waals surface area (Å²) in [5, 5.41) is 3.02. The fourth-order valence-corrected chi connectivity index (χ4v) is 2.30. The van der Waals surface area contributed by atoms with Crippen molar-refractivity contribution in [3.8, 4) is 5.75 Å². The maximum absolute atomic E-state index is 14.2. The Labute approximate surface area is 125 Å². The minimum atomic E-state index is -0.201. The maximum atomic E-state index is 14.2. The van der Waals surface area contributed by atoms with Crippen LogP contribution in [0.4, 0.5) is 10.1 Å². The molecule has 2 aromatic rings. The molecule has 0 saturated heterocycles. The standard InChI is InChI=1S/C17H21FN2O/c1-19-11-13-7-8-17(16(18)10-13)20(2)12-14-5-4-6-15(9-14)21-3/h4-10,19H,11-12H2,1-3H3. The zero-order valence-electron chi connectivity index (χ0n) is 12.7. The molecule has 0 atom stereocenters. The van der Waals surface area contributed by atoms with E-state index in [0.717, 1.165) is 16.9 Å². The highest BCUT2D eigenvalue weighted by molar-refractivity contribution is 5.49. The number of methoxy groups -OCH3 is 1. The zero-order chi connectivity index (χ0) is 15.2. The molecule has 0 spiro atoms. The van der Waals surface area contributed by atoms with Gasteiger partial charge in [-0.15, -0.1) is 0 Å². The molecule has 4 heteroatoms. The lowest BCUT2D eigenvalue weighted by Crippen LogP contribution is -2.18. The number of halogens is 1. The molecule has 0 amide bonds. The Kier molecular flexibility index (Phi) is 5.17. The summed E-state index contributed by atoms with van der Waals surface area (Å²) in [5.74, 6) is 0.610. The number of ether oxygens (including phenoxy) is 1. The van der Waals surface area contributed by atoms with E-state index in [0.29, 0.717) is 18.8 Å². The third-order valence-corrected chi connectivity index (χ3v) is 3.36. The SMILES string of the molecule is CNCc1ccc(N(C)Cc2cccc(OC)c2)c(F)c1. The lowest BCUT2D eigenvalue weighted by molar-refractivity contribution is 0.414. The topological polar surface area (TPSA) is 24.5 Å². The van der Waals surface area contributed by atoms with Gasteiger partial charge in [-0.25, -0.2) is 4.39 Å². The summed E-state index contributed by atoms with van der Waals surface area (Å²) in [6.07, 6.45) is 0. The van der Waals surface area contributed by atoms with Crippen molar-refractivity contribution in [2.45, 2.75) is 13.1 Å². The van der Waals surface area contributed by atoms with E-state index in [1.54, 1.807) is 13.2 Å². The van der Waals surface area contributed by atoms with E-state index in [4.69, 9.17) is 4.74 Å². The Hall–Kier alpha value is -2.07. The number of nitrogens with zero attached hydrogens (tertiary/aromatic N) is 1. The van der Waals surface area contributed by atoms with Gasteiger partial charge >= 0.3 is 0 Å². The first-order valence-electron chi connectivity index (χ1n) is 6.91. The molecular weight excluding hydrogens is 267 g/mol. The third-order valence-electron chi connectivity index (χ3n) is 3.36. The van der Waals surface area contributed by atoms with Crippen LogP contribution in [0.15, 0.2) is 42.5 Å². The molecule has 112 valence electrons. The summed E-state index contributed by atoms with van der Waals surface area (Å²) in [6, 6.07) is 13.1. The molecule has 0 aliphatic rings. The number of nitrogens with one attached hydrogen (secondary N) is 1. The minimum absolute atomic E-state index is 0.201. The maximum Gasteiger partial charge on any atom is 0.146 e. The van der Waals surface area contributed by atoms with E-state index in [1.165, 1.54) is 0 Å². The van der Waals surface area contributed by atoms with Gasteiger partial charge in [0.05, 0.1) is 12.8 Å².